The highest BCUT2D eigenvalue weighted by Gasteiger charge is 2.36. The van der Waals surface area contributed by atoms with Crippen molar-refractivity contribution in [1.82, 2.24) is 9.80 Å². The minimum atomic E-state index is -4.70. The molecule has 0 atom stereocenters. The van der Waals surface area contributed by atoms with Crippen LogP contribution in [-0.4, -0.2) is 109 Å². The highest BCUT2D eigenvalue weighted by Crippen LogP contribution is 2.37. The number of ether oxygens (including phenoxy) is 7. The maximum absolute atomic E-state index is 13.7. The maximum Gasteiger partial charge on any atom is 0.416 e. The van der Waals surface area contributed by atoms with Crippen LogP contribution in [0.3, 0.4) is 0 Å². The topological polar surface area (TPSA) is 252 Å². The van der Waals surface area contributed by atoms with Gasteiger partial charge in [-0.25, -0.2) is 9.59 Å². The van der Waals surface area contributed by atoms with Crippen LogP contribution < -0.4 is 39.1 Å². The summed E-state index contributed by atoms with van der Waals surface area (Å²) in [7, 11) is 2.49. The van der Waals surface area contributed by atoms with Crippen LogP contribution in [0, 0.1) is 0 Å². The van der Waals surface area contributed by atoms with E-state index in [-0.39, 0.29) is 76.3 Å². The van der Waals surface area contributed by atoms with Crippen LogP contribution >= 0.6 is 0 Å². The van der Waals surface area contributed by atoms with Gasteiger partial charge in [0.1, 0.15) is 53.2 Å². The number of carboxylic acids is 1. The summed E-state index contributed by atoms with van der Waals surface area (Å²) >= 11 is 0. The van der Waals surface area contributed by atoms with E-state index in [9.17, 15) is 69.8 Å². The van der Waals surface area contributed by atoms with E-state index >= 15 is 0 Å². The van der Waals surface area contributed by atoms with Gasteiger partial charge in [-0.1, -0.05) is 102 Å². The fourth-order valence-corrected chi connectivity index (χ4v) is 11.1. The number of nitrogens with one attached hydrogen (secondary N) is 2. The second-order valence-corrected chi connectivity index (χ2v) is 26.6. The minimum Gasteiger partial charge on any atom is -0.497 e. The second kappa shape index (κ2) is 41.6. The van der Waals surface area contributed by atoms with Gasteiger partial charge in [0.05, 0.1) is 62.5 Å². The summed E-state index contributed by atoms with van der Waals surface area (Å²) in [5, 5.41) is 14.6. The number of unbranched alkanes of at least 4 members (excludes halogenated alkanes) is 8. The first-order chi connectivity index (χ1) is 52.4. The molecule has 110 heavy (non-hydrogen) atoms. The van der Waals surface area contributed by atoms with Crippen molar-refractivity contribution in [2.45, 2.75) is 143 Å². The van der Waals surface area contributed by atoms with E-state index in [0.29, 0.717) is 47.0 Å². The Bertz CT molecular complexity index is 4360. The summed E-state index contributed by atoms with van der Waals surface area (Å²) in [6, 6.07) is 44.2. The summed E-state index contributed by atoms with van der Waals surface area (Å²) in [6.45, 7) is 9.60. The highest BCUT2D eigenvalue weighted by atomic mass is 19.4. The number of carboxylic acid groups (broad SMARTS) is 1. The Hall–Kier alpha value is -11.7. The molecule has 26 heteroatoms. The molecule has 0 aromatic heterocycles. The molecule has 584 valence electrons. The molecule has 0 bridgehead atoms. The second-order valence-electron chi connectivity index (χ2n) is 26.6. The molecule has 0 radical (unpaired) electrons. The van der Waals surface area contributed by atoms with Gasteiger partial charge in [-0.05, 0) is 201 Å². The molecule has 20 nitrogen and oxygen atoms in total. The number of esters is 3. The Kier molecular flexibility index (Phi) is 32.3. The van der Waals surface area contributed by atoms with E-state index in [2.05, 4.69) is 24.5 Å². The number of rotatable bonds is 36. The SMILES string of the molecule is CCCCCCCOc1ccc(C(=O)Oc2ccc(CN(CC(=O)O)C(=O)c3ccc(NC(=O)Cc4ccc(OC)cc4C(F)(F)F)cc3)cc2)cc1.CCCCCCCOc1ccc(C(=O)Oc2ccc(CN(CC(=O)OC(C)(C)C)C(=O)c3ccc(NC(=O)Cc4ccc(OC)cc4C(F)(F)F)cc3)cc2)cc1. The standard InChI is InChI=1S/C44H49F3N2O8.C40H41F3N2O8/c1-6-7-8-9-10-25-55-35-22-15-32(16-23-35)42(53)56-36-20-11-30(12-21-36)28-49(29-40(51)57-43(2,3)4)41(52)31-13-18-34(19-14-31)48-39(50)26-33-17-24-37(54-5)27-38(33)44(45,46)47;1-3-4-5-6-7-22-52-32-19-12-29(13-20-32)39(50)53-33-17-8-27(9-18-33)25-45(26-37(47)48)38(49)28-10-15-31(16-11-28)44-36(46)23-30-14-21-34(51-2)24-35(30)40(41,42)43/h11-24,27H,6-10,25-26,28-29H2,1-5H3,(H,48,50);8-21,24H,3-7,22-23,25-26H2,1-2H3,(H,44,46)(H,47,48). The van der Waals surface area contributed by atoms with Gasteiger partial charge in [0.25, 0.3) is 11.8 Å². The Labute approximate surface area is 634 Å². The normalized spacial score (nSPS) is 11.2. The molecule has 0 spiro atoms. The fourth-order valence-electron chi connectivity index (χ4n) is 11.1. The third-order valence-electron chi connectivity index (χ3n) is 16.6. The van der Waals surface area contributed by atoms with Crippen LogP contribution in [0.5, 0.6) is 34.5 Å². The lowest BCUT2D eigenvalue weighted by Crippen LogP contribution is -2.38. The number of aliphatic carboxylic acids is 1. The van der Waals surface area contributed by atoms with Gasteiger partial charge >= 0.3 is 36.2 Å². The van der Waals surface area contributed by atoms with E-state index in [1.54, 1.807) is 106 Å². The first kappa shape index (κ1) is 85.5. The van der Waals surface area contributed by atoms with Gasteiger partial charge in [-0.3, -0.25) is 28.8 Å². The van der Waals surface area contributed by atoms with Gasteiger partial charge < -0.3 is 58.7 Å². The highest BCUT2D eigenvalue weighted by molar-refractivity contribution is 5.99. The van der Waals surface area contributed by atoms with E-state index in [1.165, 1.54) is 143 Å². The van der Waals surface area contributed by atoms with Gasteiger partial charge in [-0.2, -0.15) is 26.3 Å². The molecule has 8 aromatic carbocycles. The Morgan fingerprint density at radius 3 is 1.08 bits per heavy atom. The summed E-state index contributed by atoms with van der Waals surface area (Å²) in [5.74, 6) is -3.67. The first-order valence-electron chi connectivity index (χ1n) is 35.8. The van der Waals surface area contributed by atoms with Crippen LogP contribution in [0.1, 0.15) is 174 Å². The van der Waals surface area contributed by atoms with Crippen molar-refractivity contribution < 1.29 is 103 Å². The van der Waals surface area contributed by atoms with Crippen molar-refractivity contribution in [2.24, 2.45) is 0 Å². The van der Waals surface area contributed by atoms with E-state index in [0.717, 1.165) is 42.7 Å². The maximum atomic E-state index is 13.7. The molecular formula is C84H90F6N4O16. The minimum absolute atomic E-state index is 0.00323. The average Bonchev–Trinajstić information content (AvgIpc) is 0.823. The lowest BCUT2D eigenvalue weighted by Gasteiger charge is -2.25. The van der Waals surface area contributed by atoms with Crippen molar-refractivity contribution in [3.8, 4) is 34.5 Å². The molecule has 0 heterocycles. The summed E-state index contributed by atoms with van der Waals surface area (Å²) in [5.41, 5.74) is -0.582. The number of methoxy groups -OCH3 is 2. The molecule has 0 aliphatic carbocycles. The van der Waals surface area contributed by atoms with Gasteiger partial charge in [-0.15, -0.1) is 0 Å². The molecule has 0 saturated heterocycles. The zero-order valence-electron chi connectivity index (χ0n) is 62.3. The zero-order valence-corrected chi connectivity index (χ0v) is 62.3. The zero-order chi connectivity index (χ0) is 80.0. The van der Waals surface area contributed by atoms with Crippen molar-refractivity contribution >= 4 is 58.9 Å². The number of benzene rings is 8. The molecule has 8 aromatic rings. The number of amides is 4. The molecule has 3 N–H and O–H groups in total. The monoisotopic (exact) mass is 1520 g/mol. The fraction of sp³-hybridized carbons (Fsp3) is 0.333. The van der Waals surface area contributed by atoms with Crippen molar-refractivity contribution in [3.63, 3.8) is 0 Å². The molecular weight excluding hydrogens is 1430 g/mol. The number of hydrogen-bond donors (Lipinski definition) is 3. The first-order valence-corrected chi connectivity index (χ1v) is 35.8. The largest absolute Gasteiger partial charge is 0.497 e. The van der Waals surface area contributed by atoms with Gasteiger partial charge in [0.2, 0.25) is 11.8 Å². The number of carbonyl (C=O) groups is 8. The number of nitrogens with zero attached hydrogens (tertiary/aromatic N) is 2. The summed E-state index contributed by atoms with van der Waals surface area (Å²) in [4.78, 5) is 105. The number of alkyl halides is 6. The molecule has 0 unspecified atom stereocenters. The molecule has 0 saturated carbocycles. The van der Waals surface area contributed by atoms with E-state index < -0.39 is 96.0 Å². The van der Waals surface area contributed by atoms with E-state index in [4.69, 9.17) is 33.2 Å². The number of anilines is 2. The molecule has 0 aliphatic rings. The number of halogens is 6. The van der Waals surface area contributed by atoms with Gasteiger partial charge in [0.15, 0.2) is 0 Å². The quantitative estimate of drug-likeness (QED) is 0.0143. The van der Waals surface area contributed by atoms with E-state index in [1.807, 2.05) is 0 Å². The smallest absolute Gasteiger partial charge is 0.416 e. The summed E-state index contributed by atoms with van der Waals surface area (Å²) in [6.07, 6.45) is 0.803. The molecule has 0 aliphatic heterocycles. The lowest BCUT2D eigenvalue weighted by molar-refractivity contribution is -0.155. The van der Waals surface area contributed by atoms with Crippen molar-refractivity contribution in [2.75, 3.05) is 51.2 Å². The predicted molar refractivity (Wildman–Crippen MR) is 401 cm³/mol. The Morgan fingerprint density at radius 2 is 0.745 bits per heavy atom. The van der Waals surface area contributed by atoms with Crippen LogP contribution in [0.25, 0.3) is 0 Å². The molecule has 4 amide bonds. The third-order valence-corrected chi connectivity index (χ3v) is 16.6. The molecule has 0 fully saturated rings. The Balaban J connectivity index is 0.000000307. The lowest BCUT2D eigenvalue weighted by atomic mass is 10.0. The predicted octanol–water partition coefficient (Wildman–Crippen LogP) is 17.6. The number of carbonyl (C=O) groups excluding carboxylic acids is 7. The number of hydrogen-bond acceptors (Lipinski definition) is 15. The third kappa shape index (κ3) is 28.5. The summed E-state index contributed by atoms with van der Waals surface area (Å²) < 4.78 is 119. The molecule has 8 rings (SSSR count). The van der Waals surface area contributed by atoms with Crippen molar-refractivity contribution in [3.05, 3.63) is 238 Å². The van der Waals surface area contributed by atoms with Crippen LogP contribution in [0.4, 0.5) is 37.7 Å². The van der Waals surface area contributed by atoms with Crippen molar-refractivity contribution in [1.29, 1.82) is 0 Å². The average molecular weight is 1530 g/mol. The van der Waals surface area contributed by atoms with Crippen LogP contribution in [0.15, 0.2) is 182 Å². The Morgan fingerprint density at radius 1 is 0.409 bits per heavy atom. The van der Waals surface area contributed by atoms with Crippen LogP contribution in [0.2, 0.25) is 0 Å². The van der Waals surface area contributed by atoms with Crippen LogP contribution in [-0.2, 0) is 62.2 Å². The van der Waals surface area contributed by atoms with Gasteiger partial charge in [0, 0.05) is 35.6 Å².